The lowest BCUT2D eigenvalue weighted by atomic mass is 10.1. The Morgan fingerprint density at radius 3 is 2.95 bits per heavy atom. The van der Waals surface area contributed by atoms with Crippen molar-refractivity contribution in [2.45, 2.75) is 0 Å². The summed E-state index contributed by atoms with van der Waals surface area (Å²) in [6, 6.07) is 8.76. The molecule has 1 aromatic heterocycles. The molecule has 2 N–H and O–H groups in total. The Hall–Kier alpha value is -2.08. The van der Waals surface area contributed by atoms with Crippen LogP contribution in [0.4, 0.5) is 11.4 Å². The largest absolute Gasteiger partial charge is 0.444 e. The number of anilines is 2. The van der Waals surface area contributed by atoms with E-state index in [0.717, 1.165) is 11.3 Å². The van der Waals surface area contributed by atoms with Gasteiger partial charge in [0.15, 0.2) is 10.4 Å². The Morgan fingerprint density at radius 1 is 1.35 bits per heavy atom. The van der Waals surface area contributed by atoms with E-state index in [9.17, 15) is 4.79 Å². The van der Waals surface area contributed by atoms with Crippen molar-refractivity contribution in [3.8, 4) is 0 Å². The maximum absolute atomic E-state index is 12.5. The Kier molecular flexibility index (Phi) is 3.31. The van der Waals surface area contributed by atoms with E-state index in [1.807, 2.05) is 12.1 Å². The highest BCUT2D eigenvalue weighted by molar-refractivity contribution is 9.10. The highest BCUT2D eigenvalue weighted by atomic mass is 79.9. The highest BCUT2D eigenvalue weighted by Crippen LogP contribution is 2.26. The van der Waals surface area contributed by atoms with Crippen LogP contribution in [-0.2, 0) is 0 Å². The van der Waals surface area contributed by atoms with E-state index in [4.69, 9.17) is 10.2 Å². The summed E-state index contributed by atoms with van der Waals surface area (Å²) in [5.74, 6) is 0.105. The fourth-order valence-corrected chi connectivity index (χ4v) is 2.44. The number of aliphatic imine (C=N–C) groups is 1. The molecule has 20 heavy (non-hydrogen) atoms. The molecule has 0 radical (unpaired) electrons. The van der Waals surface area contributed by atoms with Crippen LogP contribution in [0.3, 0.4) is 0 Å². The monoisotopic (exact) mass is 333 g/mol. The van der Waals surface area contributed by atoms with Crippen molar-refractivity contribution in [1.29, 1.82) is 0 Å². The van der Waals surface area contributed by atoms with Gasteiger partial charge in [0.05, 0.1) is 12.2 Å². The van der Waals surface area contributed by atoms with Crippen molar-refractivity contribution in [2.75, 3.05) is 23.7 Å². The SMILES string of the molecule is Nc1ccc2c(c1)C=NCCN2C(=O)c1ccc(Br)o1. The van der Waals surface area contributed by atoms with Crippen molar-refractivity contribution in [2.24, 2.45) is 4.99 Å². The molecular formula is C14H12BrN3O2. The maximum Gasteiger partial charge on any atom is 0.294 e. The van der Waals surface area contributed by atoms with E-state index in [-0.39, 0.29) is 5.91 Å². The summed E-state index contributed by atoms with van der Waals surface area (Å²) in [5.41, 5.74) is 8.05. The summed E-state index contributed by atoms with van der Waals surface area (Å²) in [7, 11) is 0. The number of nitrogens with zero attached hydrogens (tertiary/aromatic N) is 2. The third kappa shape index (κ3) is 2.34. The predicted molar refractivity (Wildman–Crippen MR) is 81.4 cm³/mol. The standard InChI is InChI=1S/C14H12BrN3O2/c15-13-4-3-12(20-13)14(19)18-6-5-17-8-9-7-10(16)1-2-11(9)18/h1-4,7-8H,5-6,16H2. The predicted octanol–water partition coefficient (Wildman–Crippen LogP) is 2.70. The highest BCUT2D eigenvalue weighted by Gasteiger charge is 2.23. The van der Waals surface area contributed by atoms with Gasteiger partial charge in [0.2, 0.25) is 0 Å². The molecule has 0 aliphatic carbocycles. The lowest BCUT2D eigenvalue weighted by Gasteiger charge is -2.21. The van der Waals surface area contributed by atoms with Crippen molar-refractivity contribution in [1.82, 2.24) is 0 Å². The molecule has 0 fully saturated rings. The van der Waals surface area contributed by atoms with Crippen LogP contribution in [0.2, 0.25) is 0 Å². The number of hydrogen-bond acceptors (Lipinski definition) is 4. The van der Waals surface area contributed by atoms with Gasteiger partial charge < -0.3 is 15.1 Å². The zero-order chi connectivity index (χ0) is 14.1. The van der Waals surface area contributed by atoms with E-state index >= 15 is 0 Å². The molecule has 1 aliphatic heterocycles. The van der Waals surface area contributed by atoms with Crippen LogP contribution in [0.25, 0.3) is 0 Å². The summed E-state index contributed by atoms with van der Waals surface area (Å²) in [6.07, 6.45) is 1.75. The summed E-state index contributed by atoms with van der Waals surface area (Å²) in [4.78, 5) is 18.5. The van der Waals surface area contributed by atoms with Gasteiger partial charge in [-0.25, -0.2) is 0 Å². The first-order valence-corrected chi connectivity index (χ1v) is 6.91. The van der Waals surface area contributed by atoms with Crippen molar-refractivity contribution in [3.63, 3.8) is 0 Å². The molecule has 0 saturated carbocycles. The molecule has 1 aromatic carbocycles. The third-order valence-electron chi connectivity index (χ3n) is 3.05. The molecule has 5 nitrogen and oxygen atoms in total. The molecule has 1 amide bonds. The first-order valence-electron chi connectivity index (χ1n) is 6.12. The minimum atomic E-state index is -0.188. The summed E-state index contributed by atoms with van der Waals surface area (Å²) in [6.45, 7) is 1.05. The van der Waals surface area contributed by atoms with Crippen molar-refractivity contribution in [3.05, 3.63) is 46.3 Å². The first-order chi connectivity index (χ1) is 9.65. The average molecular weight is 334 g/mol. The van der Waals surface area contributed by atoms with Crippen LogP contribution >= 0.6 is 15.9 Å². The topological polar surface area (TPSA) is 71.8 Å². The molecule has 0 atom stereocenters. The van der Waals surface area contributed by atoms with Gasteiger partial charge in [-0.15, -0.1) is 0 Å². The molecule has 3 rings (SSSR count). The number of benzodiazepines with no additional fused rings is 1. The van der Waals surface area contributed by atoms with Gasteiger partial charge in [-0.05, 0) is 46.3 Å². The van der Waals surface area contributed by atoms with Crippen LogP contribution in [0, 0.1) is 0 Å². The first kappa shape index (κ1) is 12.9. The number of nitrogens with two attached hydrogens (primary N) is 1. The number of halogens is 1. The molecule has 1 aliphatic rings. The number of benzene rings is 1. The fraction of sp³-hybridized carbons (Fsp3) is 0.143. The van der Waals surface area contributed by atoms with Gasteiger partial charge in [-0.2, -0.15) is 0 Å². The third-order valence-corrected chi connectivity index (χ3v) is 3.48. The molecule has 0 spiro atoms. The number of carbonyl (C=O) groups is 1. The minimum absolute atomic E-state index is 0.188. The number of rotatable bonds is 1. The van der Waals surface area contributed by atoms with E-state index in [1.54, 1.807) is 29.3 Å². The number of hydrogen-bond donors (Lipinski definition) is 1. The molecule has 102 valence electrons. The molecule has 6 heteroatoms. The smallest absolute Gasteiger partial charge is 0.294 e. The van der Waals surface area contributed by atoms with Crippen LogP contribution in [0.15, 0.2) is 44.4 Å². The van der Waals surface area contributed by atoms with Gasteiger partial charge in [0.25, 0.3) is 5.91 Å². The van der Waals surface area contributed by atoms with E-state index in [2.05, 4.69) is 20.9 Å². The van der Waals surface area contributed by atoms with Crippen LogP contribution in [0.5, 0.6) is 0 Å². The molecular weight excluding hydrogens is 322 g/mol. The Labute approximate surface area is 124 Å². The summed E-state index contributed by atoms with van der Waals surface area (Å²) < 4.78 is 5.87. The van der Waals surface area contributed by atoms with Crippen LogP contribution in [-0.4, -0.2) is 25.2 Å². The minimum Gasteiger partial charge on any atom is -0.444 e. The fourth-order valence-electron chi connectivity index (χ4n) is 2.14. The Bertz CT molecular complexity index is 693. The number of furan rings is 1. The number of amides is 1. The molecule has 0 saturated heterocycles. The van der Waals surface area contributed by atoms with Gasteiger partial charge in [0, 0.05) is 24.0 Å². The second-order valence-electron chi connectivity index (χ2n) is 4.41. The second kappa shape index (κ2) is 5.13. The van der Waals surface area contributed by atoms with E-state index in [1.165, 1.54) is 0 Å². The zero-order valence-corrected chi connectivity index (χ0v) is 12.1. The van der Waals surface area contributed by atoms with Crippen LogP contribution < -0.4 is 10.6 Å². The summed E-state index contributed by atoms with van der Waals surface area (Å²) in [5, 5.41) is 0. The van der Waals surface area contributed by atoms with E-state index < -0.39 is 0 Å². The molecule has 2 heterocycles. The van der Waals surface area contributed by atoms with Gasteiger partial charge in [0.1, 0.15) is 0 Å². The van der Waals surface area contributed by atoms with Crippen molar-refractivity contribution < 1.29 is 9.21 Å². The van der Waals surface area contributed by atoms with Crippen LogP contribution in [0.1, 0.15) is 16.1 Å². The maximum atomic E-state index is 12.5. The van der Waals surface area contributed by atoms with Gasteiger partial charge in [-0.3, -0.25) is 9.79 Å². The Balaban J connectivity index is 2.01. The normalized spacial score (nSPS) is 13.9. The zero-order valence-electron chi connectivity index (χ0n) is 10.5. The summed E-state index contributed by atoms with van der Waals surface area (Å²) >= 11 is 3.20. The lowest BCUT2D eigenvalue weighted by Crippen LogP contribution is -2.32. The molecule has 0 bridgehead atoms. The van der Waals surface area contributed by atoms with E-state index in [0.29, 0.717) is 29.2 Å². The Morgan fingerprint density at radius 2 is 2.20 bits per heavy atom. The quantitative estimate of drug-likeness (QED) is 0.815. The average Bonchev–Trinajstić information content (AvgIpc) is 2.75. The molecule has 2 aromatic rings. The number of nitrogen functional groups attached to an aromatic ring is 1. The second-order valence-corrected chi connectivity index (χ2v) is 5.20. The number of fused-ring (bicyclic) bond motifs is 1. The lowest BCUT2D eigenvalue weighted by molar-refractivity contribution is 0.0960. The van der Waals surface area contributed by atoms with Crippen molar-refractivity contribution >= 4 is 39.4 Å². The molecule has 0 unspecified atom stereocenters. The van der Waals surface area contributed by atoms with Gasteiger partial charge >= 0.3 is 0 Å². The number of carbonyl (C=O) groups excluding carboxylic acids is 1. The van der Waals surface area contributed by atoms with Gasteiger partial charge in [-0.1, -0.05) is 0 Å².